The number of aliphatic hydroxyl groups excluding tert-OH is 1. The lowest BCUT2D eigenvalue weighted by Gasteiger charge is -2.18. The highest BCUT2D eigenvalue weighted by atomic mass is 19.4. The lowest BCUT2D eigenvalue weighted by Crippen LogP contribution is -2.28. The Labute approximate surface area is 108 Å². The highest BCUT2D eigenvalue weighted by Crippen LogP contribution is 2.31. The quantitative estimate of drug-likeness (QED) is 0.920. The molecule has 1 aliphatic rings. The van der Waals surface area contributed by atoms with Gasteiger partial charge in [-0.1, -0.05) is 12.5 Å². The van der Waals surface area contributed by atoms with E-state index in [-0.39, 0.29) is 12.5 Å². The number of aromatic nitrogens is 1. The number of hydrogen-bond donors (Lipinski definition) is 1. The van der Waals surface area contributed by atoms with E-state index in [0.717, 1.165) is 35.6 Å². The molecule has 1 heterocycles. The zero-order valence-electron chi connectivity index (χ0n) is 10.4. The van der Waals surface area contributed by atoms with E-state index in [1.807, 2.05) is 0 Å². The van der Waals surface area contributed by atoms with Crippen molar-refractivity contribution in [2.45, 2.75) is 44.5 Å². The van der Waals surface area contributed by atoms with Crippen molar-refractivity contribution >= 4 is 0 Å². The Kier molecular flexibility index (Phi) is 3.99. The first-order valence-electron chi connectivity index (χ1n) is 6.34. The summed E-state index contributed by atoms with van der Waals surface area (Å²) < 4.78 is 39.1. The zero-order valence-corrected chi connectivity index (χ0v) is 10.4. The van der Waals surface area contributed by atoms with Gasteiger partial charge in [-0.15, -0.1) is 0 Å². The second kappa shape index (κ2) is 5.36. The minimum atomic E-state index is -4.53. The van der Waals surface area contributed by atoms with Crippen LogP contribution in [0.25, 0.3) is 0 Å². The first-order valence-corrected chi connectivity index (χ1v) is 6.34. The summed E-state index contributed by atoms with van der Waals surface area (Å²) in [7, 11) is 0. The Morgan fingerprint density at radius 2 is 2.05 bits per heavy atom. The van der Waals surface area contributed by atoms with Gasteiger partial charge >= 0.3 is 6.18 Å². The third-order valence-corrected chi connectivity index (χ3v) is 3.68. The summed E-state index contributed by atoms with van der Waals surface area (Å²) in [5, 5.41) is 9.66. The van der Waals surface area contributed by atoms with Crippen LogP contribution in [-0.4, -0.2) is 15.8 Å². The van der Waals surface area contributed by atoms with E-state index in [1.54, 1.807) is 0 Å². The van der Waals surface area contributed by atoms with E-state index >= 15 is 0 Å². The topological polar surface area (TPSA) is 42.2 Å². The van der Waals surface area contributed by atoms with Gasteiger partial charge in [0.1, 0.15) is 5.69 Å². The second-order valence-corrected chi connectivity index (χ2v) is 4.95. The van der Waals surface area contributed by atoms with Crippen LogP contribution >= 0.6 is 0 Å². The predicted molar refractivity (Wildman–Crippen MR) is 63.7 cm³/mol. The number of alkyl halides is 3. The Morgan fingerprint density at radius 1 is 1.32 bits per heavy atom. The van der Waals surface area contributed by atoms with E-state index in [0.29, 0.717) is 12.8 Å². The molecule has 0 aromatic carbocycles. The standard InChI is InChI=1S/C13H16F3NO2/c14-13(15,16)11-5-2-6-12(19)17(11)8-7-9-3-1-4-10(9)18/h2,5-6,9-10,18H,1,3-4,7-8H2. The molecule has 0 amide bonds. The highest BCUT2D eigenvalue weighted by molar-refractivity contribution is 5.10. The molecule has 2 unspecified atom stereocenters. The lowest BCUT2D eigenvalue weighted by atomic mass is 10.0. The summed E-state index contributed by atoms with van der Waals surface area (Å²) in [6.07, 6.45) is -2.19. The molecule has 2 rings (SSSR count). The Hall–Kier alpha value is -1.30. The van der Waals surface area contributed by atoms with Crippen molar-refractivity contribution in [1.82, 2.24) is 4.57 Å². The summed E-state index contributed by atoms with van der Waals surface area (Å²) in [4.78, 5) is 11.6. The molecule has 19 heavy (non-hydrogen) atoms. The van der Waals surface area contributed by atoms with Gasteiger partial charge in [0, 0.05) is 12.6 Å². The maximum Gasteiger partial charge on any atom is 0.431 e. The molecule has 0 spiro atoms. The summed E-state index contributed by atoms with van der Waals surface area (Å²) in [5.74, 6) is -0.00631. The van der Waals surface area contributed by atoms with Gasteiger partial charge in [-0.25, -0.2) is 0 Å². The SMILES string of the molecule is O=c1cccc(C(F)(F)F)n1CCC1CCCC1O. The van der Waals surface area contributed by atoms with Crippen LogP contribution in [-0.2, 0) is 12.7 Å². The second-order valence-electron chi connectivity index (χ2n) is 4.95. The van der Waals surface area contributed by atoms with Crippen LogP contribution in [0.15, 0.2) is 23.0 Å². The van der Waals surface area contributed by atoms with Crippen molar-refractivity contribution < 1.29 is 18.3 Å². The zero-order chi connectivity index (χ0) is 14.0. The largest absolute Gasteiger partial charge is 0.431 e. The summed E-state index contributed by atoms with van der Waals surface area (Å²) in [6, 6.07) is 3.15. The van der Waals surface area contributed by atoms with Gasteiger partial charge < -0.3 is 9.67 Å². The predicted octanol–water partition coefficient (Wildman–Crippen LogP) is 2.42. The molecule has 0 bridgehead atoms. The van der Waals surface area contributed by atoms with Gasteiger partial charge in [-0.3, -0.25) is 4.79 Å². The molecule has 0 saturated heterocycles. The molecular weight excluding hydrogens is 259 g/mol. The molecule has 2 atom stereocenters. The summed E-state index contributed by atoms with van der Waals surface area (Å²) in [6.45, 7) is -0.00373. The average molecular weight is 275 g/mol. The molecule has 1 aromatic rings. The summed E-state index contributed by atoms with van der Waals surface area (Å²) >= 11 is 0. The van der Waals surface area contributed by atoms with Crippen LogP contribution in [0.5, 0.6) is 0 Å². The highest BCUT2D eigenvalue weighted by Gasteiger charge is 2.34. The smallest absolute Gasteiger partial charge is 0.393 e. The maximum absolute atomic E-state index is 12.8. The van der Waals surface area contributed by atoms with Crippen molar-refractivity contribution in [2.75, 3.05) is 0 Å². The maximum atomic E-state index is 12.8. The van der Waals surface area contributed by atoms with Crippen LogP contribution in [0.4, 0.5) is 13.2 Å². The van der Waals surface area contributed by atoms with Gasteiger partial charge in [-0.05, 0) is 31.2 Å². The van der Waals surface area contributed by atoms with Crippen LogP contribution in [0.3, 0.4) is 0 Å². The van der Waals surface area contributed by atoms with Crippen molar-refractivity contribution in [2.24, 2.45) is 5.92 Å². The minimum Gasteiger partial charge on any atom is -0.393 e. The fourth-order valence-electron chi connectivity index (χ4n) is 2.65. The Bertz CT molecular complexity index is 495. The van der Waals surface area contributed by atoms with Gasteiger partial charge in [0.2, 0.25) is 0 Å². The van der Waals surface area contributed by atoms with E-state index in [2.05, 4.69) is 0 Å². The number of pyridine rings is 1. The van der Waals surface area contributed by atoms with Crippen LogP contribution in [0, 0.1) is 5.92 Å². The van der Waals surface area contributed by atoms with Crippen molar-refractivity contribution in [3.05, 3.63) is 34.2 Å². The monoisotopic (exact) mass is 275 g/mol. The molecule has 1 saturated carbocycles. The lowest BCUT2D eigenvalue weighted by molar-refractivity contribution is -0.144. The number of nitrogens with zero attached hydrogens (tertiary/aromatic N) is 1. The third kappa shape index (κ3) is 3.18. The molecule has 1 fully saturated rings. The van der Waals surface area contributed by atoms with E-state index in [9.17, 15) is 23.1 Å². The molecule has 106 valence electrons. The van der Waals surface area contributed by atoms with E-state index < -0.39 is 23.5 Å². The molecule has 6 heteroatoms. The first-order chi connectivity index (χ1) is 8.89. The van der Waals surface area contributed by atoms with E-state index in [1.165, 1.54) is 0 Å². The number of rotatable bonds is 3. The van der Waals surface area contributed by atoms with Crippen molar-refractivity contribution in [3.8, 4) is 0 Å². The number of hydrogen-bond acceptors (Lipinski definition) is 2. The average Bonchev–Trinajstić information content (AvgIpc) is 2.72. The third-order valence-electron chi connectivity index (χ3n) is 3.68. The number of halogens is 3. The molecule has 1 aliphatic carbocycles. The molecule has 0 radical (unpaired) electrons. The van der Waals surface area contributed by atoms with Gasteiger partial charge in [0.25, 0.3) is 5.56 Å². The van der Waals surface area contributed by atoms with Crippen molar-refractivity contribution in [1.29, 1.82) is 0 Å². The van der Waals surface area contributed by atoms with Gasteiger partial charge in [0.05, 0.1) is 6.10 Å². The minimum absolute atomic E-state index is 0.00373. The number of aliphatic hydroxyl groups is 1. The normalized spacial score (nSPS) is 23.8. The molecule has 1 aromatic heterocycles. The Morgan fingerprint density at radius 3 is 2.63 bits per heavy atom. The molecule has 0 aliphatic heterocycles. The molecule has 1 N–H and O–H groups in total. The summed E-state index contributed by atoms with van der Waals surface area (Å²) in [5.41, 5.74) is -1.57. The fraction of sp³-hybridized carbons (Fsp3) is 0.615. The van der Waals surface area contributed by atoms with Crippen LogP contribution in [0.2, 0.25) is 0 Å². The molecular formula is C13H16F3NO2. The fourth-order valence-corrected chi connectivity index (χ4v) is 2.65. The van der Waals surface area contributed by atoms with Gasteiger partial charge in [-0.2, -0.15) is 13.2 Å². The van der Waals surface area contributed by atoms with Gasteiger partial charge in [0.15, 0.2) is 0 Å². The van der Waals surface area contributed by atoms with E-state index in [4.69, 9.17) is 0 Å². The first kappa shape index (κ1) is 14.1. The van der Waals surface area contributed by atoms with Crippen molar-refractivity contribution in [3.63, 3.8) is 0 Å². The van der Waals surface area contributed by atoms with Crippen LogP contribution in [0.1, 0.15) is 31.4 Å². The van der Waals surface area contributed by atoms with Crippen LogP contribution < -0.4 is 5.56 Å². The Balaban J connectivity index is 2.17. The molecule has 3 nitrogen and oxygen atoms in total.